The lowest BCUT2D eigenvalue weighted by atomic mass is 9.96. The molecule has 188 valence electrons. The van der Waals surface area contributed by atoms with Crippen LogP contribution in [-0.4, -0.2) is 35.8 Å². The topological polar surface area (TPSA) is 62.6 Å². The van der Waals surface area contributed by atoms with Crippen LogP contribution in [0.3, 0.4) is 0 Å². The predicted molar refractivity (Wildman–Crippen MR) is 132 cm³/mol. The van der Waals surface area contributed by atoms with E-state index < -0.39 is 11.7 Å². The van der Waals surface area contributed by atoms with Crippen molar-refractivity contribution in [3.63, 3.8) is 0 Å². The van der Waals surface area contributed by atoms with Gasteiger partial charge in [-0.15, -0.1) is 0 Å². The van der Waals surface area contributed by atoms with Crippen LogP contribution in [0.1, 0.15) is 32.7 Å². The molecule has 8 heteroatoms. The van der Waals surface area contributed by atoms with Crippen molar-refractivity contribution in [1.82, 2.24) is 10.2 Å². The van der Waals surface area contributed by atoms with E-state index in [2.05, 4.69) is 5.32 Å². The van der Waals surface area contributed by atoms with Crippen molar-refractivity contribution in [3.8, 4) is 11.1 Å². The summed E-state index contributed by atoms with van der Waals surface area (Å²) in [6.45, 7) is 0.865. The first kappa shape index (κ1) is 23.3. The Kier molecular flexibility index (Phi) is 5.55. The molecule has 2 fully saturated rings. The minimum absolute atomic E-state index is 0.181. The molecular formula is C29H23F3N2O3. The van der Waals surface area contributed by atoms with Gasteiger partial charge in [0.2, 0.25) is 0 Å². The van der Waals surface area contributed by atoms with Crippen molar-refractivity contribution in [3.05, 3.63) is 95.7 Å². The molecule has 0 spiro atoms. The fourth-order valence-electron chi connectivity index (χ4n) is 5.49. The number of alkyl halides is 3. The summed E-state index contributed by atoms with van der Waals surface area (Å²) in [5, 5.41) is 3.71. The molecule has 5 nitrogen and oxygen atoms in total. The average molecular weight is 505 g/mol. The Hall–Kier alpha value is -4.07. The van der Waals surface area contributed by atoms with Crippen LogP contribution in [0.5, 0.6) is 0 Å². The highest BCUT2D eigenvalue weighted by atomic mass is 19.4. The number of furan rings is 1. The van der Waals surface area contributed by atoms with Gasteiger partial charge in [-0.1, -0.05) is 36.4 Å². The Morgan fingerprint density at radius 3 is 2.59 bits per heavy atom. The van der Waals surface area contributed by atoms with Gasteiger partial charge in [-0.05, 0) is 65.8 Å². The van der Waals surface area contributed by atoms with E-state index in [1.807, 2.05) is 0 Å². The van der Waals surface area contributed by atoms with Gasteiger partial charge in [0.05, 0.1) is 23.4 Å². The summed E-state index contributed by atoms with van der Waals surface area (Å²) < 4.78 is 45.3. The van der Waals surface area contributed by atoms with E-state index in [1.165, 1.54) is 12.3 Å². The van der Waals surface area contributed by atoms with Crippen LogP contribution in [0.25, 0.3) is 22.1 Å². The molecule has 2 amide bonds. The largest absolute Gasteiger partial charge is 0.464 e. The Morgan fingerprint density at radius 2 is 1.76 bits per heavy atom. The van der Waals surface area contributed by atoms with Crippen LogP contribution in [0.15, 0.2) is 83.5 Å². The summed E-state index contributed by atoms with van der Waals surface area (Å²) >= 11 is 0. The highest BCUT2D eigenvalue weighted by Crippen LogP contribution is 2.50. The zero-order valence-corrected chi connectivity index (χ0v) is 19.7. The van der Waals surface area contributed by atoms with Crippen molar-refractivity contribution < 1.29 is 27.2 Å². The van der Waals surface area contributed by atoms with Crippen molar-refractivity contribution in [1.29, 1.82) is 0 Å². The van der Waals surface area contributed by atoms with Gasteiger partial charge >= 0.3 is 6.18 Å². The molecule has 4 aromatic rings. The minimum Gasteiger partial charge on any atom is -0.464 e. The zero-order chi connectivity index (χ0) is 25.7. The van der Waals surface area contributed by atoms with Crippen molar-refractivity contribution in [2.45, 2.75) is 18.6 Å². The molecule has 1 aliphatic carbocycles. The van der Waals surface area contributed by atoms with E-state index in [0.717, 1.165) is 23.9 Å². The Labute approximate surface area is 210 Å². The highest BCUT2D eigenvalue weighted by Gasteiger charge is 2.54. The third-order valence-corrected chi connectivity index (χ3v) is 7.43. The molecule has 6 rings (SSSR count). The molecule has 0 unspecified atom stereocenters. The summed E-state index contributed by atoms with van der Waals surface area (Å²) in [4.78, 5) is 28.5. The molecule has 1 saturated heterocycles. The first-order valence-corrected chi connectivity index (χ1v) is 12.1. The molecule has 37 heavy (non-hydrogen) atoms. The lowest BCUT2D eigenvalue weighted by molar-refractivity contribution is -0.137. The molecule has 2 aliphatic rings. The molecule has 3 aromatic carbocycles. The number of hydrogen-bond acceptors (Lipinski definition) is 3. The lowest BCUT2D eigenvalue weighted by Gasteiger charge is -2.29. The summed E-state index contributed by atoms with van der Waals surface area (Å²) in [5.74, 6) is 0.197. The van der Waals surface area contributed by atoms with E-state index in [1.54, 1.807) is 59.5 Å². The number of piperidine rings is 1. The van der Waals surface area contributed by atoms with E-state index in [9.17, 15) is 22.8 Å². The number of likely N-dealkylation sites (tertiary alicyclic amines) is 1. The van der Waals surface area contributed by atoms with Gasteiger partial charge in [-0.2, -0.15) is 13.2 Å². The minimum atomic E-state index is -4.48. The third-order valence-electron chi connectivity index (χ3n) is 7.43. The Bertz CT molecular complexity index is 1510. The maximum Gasteiger partial charge on any atom is 0.416 e. The number of hydrogen-bond donors (Lipinski definition) is 1. The van der Waals surface area contributed by atoms with Gasteiger partial charge < -0.3 is 14.6 Å². The second-order valence-corrected chi connectivity index (χ2v) is 9.66. The number of halogens is 3. The van der Waals surface area contributed by atoms with E-state index in [0.29, 0.717) is 52.8 Å². The normalized spacial score (nSPS) is 20.6. The smallest absolute Gasteiger partial charge is 0.416 e. The molecule has 3 atom stereocenters. The van der Waals surface area contributed by atoms with E-state index in [-0.39, 0.29) is 17.9 Å². The van der Waals surface area contributed by atoms with Crippen LogP contribution in [0.2, 0.25) is 0 Å². The Morgan fingerprint density at radius 1 is 0.973 bits per heavy atom. The number of nitrogens with one attached hydrogen (secondary N) is 1. The van der Waals surface area contributed by atoms with Crippen LogP contribution in [-0.2, 0) is 6.18 Å². The number of carbonyl (C=O) groups is 2. The van der Waals surface area contributed by atoms with Crippen LogP contribution < -0.4 is 5.32 Å². The average Bonchev–Trinajstić information content (AvgIpc) is 3.33. The number of rotatable bonds is 5. The number of carbonyl (C=O) groups excluding carboxylic acids is 2. The fourth-order valence-corrected chi connectivity index (χ4v) is 5.49. The molecule has 1 saturated carbocycles. The number of benzene rings is 3. The molecule has 0 bridgehead atoms. The van der Waals surface area contributed by atoms with Crippen LogP contribution in [0, 0.1) is 11.8 Å². The molecular weight excluding hydrogens is 481 g/mol. The standard InChI is InChI=1S/C29H23F3N2O3/c30-29(31,32)19-6-3-5-17(13-19)20-7-1-2-8-23(20)28(36)34-16-18-14-24(18)25(34)15-33-27(35)22-9-4-10-26-21(22)11-12-37-26/h1-13,18,24-25H,14-16H2,(H,33,35)/t18-,24-,25-/m1/s1. The summed E-state index contributed by atoms with van der Waals surface area (Å²) in [6.07, 6.45) is -1.94. The fraction of sp³-hybridized carbons (Fsp3) is 0.241. The van der Waals surface area contributed by atoms with Gasteiger partial charge in [0.15, 0.2) is 0 Å². The molecule has 1 aliphatic heterocycles. The SMILES string of the molecule is O=C(NC[C@@H]1[C@@H]2C[C@@H]2CN1C(=O)c1ccccc1-c1cccc(C(F)(F)F)c1)c1cccc2occc12. The van der Waals surface area contributed by atoms with E-state index >= 15 is 0 Å². The first-order valence-electron chi connectivity index (χ1n) is 12.1. The van der Waals surface area contributed by atoms with Crippen LogP contribution in [0.4, 0.5) is 13.2 Å². The summed E-state index contributed by atoms with van der Waals surface area (Å²) in [7, 11) is 0. The van der Waals surface area contributed by atoms with Gasteiger partial charge in [0.1, 0.15) is 5.58 Å². The molecule has 2 heterocycles. The predicted octanol–water partition coefficient (Wildman–Crippen LogP) is 6.01. The molecule has 1 N–H and O–H groups in total. The monoisotopic (exact) mass is 504 g/mol. The number of fused-ring (bicyclic) bond motifs is 2. The van der Waals surface area contributed by atoms with Crippen LogP contribution >= 0.6 is 0 Å². The second kappa shape index (κ2) is 8.80. The van der Waals surface area contributed by atoms with Gasteiger partial charge in [0.25, 0.3) is 11.8 Å². The Balaban J connectivity index is 1.24. The van der Waals surface area contributed by atoms with Crippen molar-refractivity contribution >= 4 is 22.8 Å². The summed E-state index contributed by atoms with van der Waals surface area (Å²) in [6, 6.07) is 18.6. The van der Waals surface area contributed by atoms with Crippen molar-refractivity contribution in [2.75, 3.05) is 13.1 Å². The van der Waals surface area contributed by atoms with Crippen molar-refractivity contribution in [2.24, 2.45) is 11.8 Å². The first-order chi connectivity index (χ1) is 17.8. The second-order valence-electron chi connectivity index (χ2n) is 9.66. The third kappa shape index (κ3) is 4.26. The maximum atomic E-state index is 13.7. The lowest BCUT2D eigenvalue weighted by Crippen LogP contribution is -2.45. The number of amides is 2. The van der Waals surface area contributed by atoms with Gasteiger partial charge in [-0.3, -0.25) is 9.59 Å². The number of nitrogens with zero attached hydrogens (tertiary/aromatic N) is 1. The molecule has 1 aromatic heterocycles. The maximum absolute atomic E-state index is 13.7. The molecule has 0 radical (unpaired) electrons. The summed E-state index contributed by atoms with van der Waals surface area (Å²) in [5.41, 5.74) is 1.50. The quantitative estimate of drug-likeness (QED) is 0.362. The van der Waals surface area contributed by atoms with E-state index in [4.69, 9.17) is 4.42 Å². The van der Waals surface area contributed by atoms with Gasteiger partial charge in [-0.25, -0.2) is 0 Å². The highest BCUT2D eigenvalue weighted by molar-refractivity contribution is 6.06. The van der Waals surface area contributed by atoms with Gasteiger partial charge in [0, 0.05) is 24.0 Å². The zero-order valence-electron chi connectivity index (χ0n) is 19.7.